The van der Waals surface area contributed by atoms with E-state index in [4.69, 9.17) is 5.73 Å². The molecule has 1 aromatic rings. The summed E-state index contributed by atoms with van der Waals surface area (Å²) in [5.74, 6) is 0.0369. The topological polar surface area (TPSA) is 63.4 Å². The molecule has 0 spiro atoms. The monoisotopic (exact) mass is 276 g/mol. The van der Waals surface area contributed by atoms with E-state index in [1.165, 1.54) is 9.87 Å². The van der Waals surface area contributed by atoms with E-state index in [1.807, 2.05) is 18.2 Å². The van der Waals surface area contributed by atoms with Crippen molar-refractivity contribution in [3.05, 3.63) is 35.4 Å². The van der Waals surface area contributed by atoms with Gasteiger partial charge in [0.05, 0.1) is 5.75 Å². The minimum Gasteiger partial charge on any atom is -0.329 e. The van der Waals surface area contributed by atoms with Gasteiger partial charge in [0, 0.05) is 19.6 Å². The van der Waals surface area contributed by atoms with Crippen molar-refractivity contribution in [1.29, 1.82) is 0 Å². The molecule has 1 aromatic carbocycles. The molecule has 2 N–H and O–H groups in total. The lowest BCUT2D eigenvalue weighted by Crippen LogP contribution is -2.38. The van der Waals surface area contributed by atoms with Gasteiger partial charge in [0.15, 0.2) is 0 Å². The van der Waals surface area contributed by atoms with Crippen LogP contribution >= 0.6 is 12.4 Å². The first-order chi connectivity index (χ1) is 7.63. The normalized spacial score (nSPS) is 16.1. The van der Waals surface area contributed by atoms with Crippen LogP contribution in [-0.4, -0.2) is 31.6 Å². The average Bonchev–Trinajstić information content (AvgIpc) is 2.28. The highest BCUT2D eigenvalue weighted by molar-refractivity contribution is 7.89. The fourth-order valence-corrected chi connectivity index (χ4v) is 3.25. The van der Waals surface area contributed by atoms with E-state index in [1.54, 1.807) is 0 Å². The average molecular weight is 277 g/mol. The Balaban J connectivity index is 0.00000144. The fourth-order valence-electron chi connectivity index (χ4n) is 1.99. The van der Waals surface area contributed by atoms with Crippen molar-refractivity contribution in [2.24, 2.45) is 5.73 Å². The maximum atomic E-state index is 11.8. The van der Waals surface area contributed by atoms with Crippen LogP contribution < -0.4 is 5.73 Å². The first-order valence-electron chi connectivity index (χ1n) is 5.38. The second-order valence-electron chi connectivity index (χ2n) is 3.96. The lowest BCUT2D eigenvalue weighted by molar-refractivity contribution is 0.391. The second-order valence-corrected chi connectivity index (χ2v) is 6.05. The second kappa shape index (κ2) is 5.82. The van der Waals surface area contributed by atoms with Crippen LogP contribution in [0.3, 0.4) is 0 Å². The molecule has 4 nitrogen and oxygen atoms in total. The molecule has 0 radical (unpaired) electrons. The molecule has 1 aliphatic heterocycles. The number of benzene rings is 1. The summed E-state index contributed by atoms with van der Waals surface area (Å²) in [7, 11) is -3.17. The molecular formula is C11H17ClN2O2S. The van der Waals surface area contributed by atoms with Gasteiger partial charge < -0.3 is 5.73 Å². The van der Waals surface area contributed by atoms with Crippen LogP contribution in [0, 0.1) is 0 Å². The van der Waals surface area contributed by atoms with E-state index < -0.39 is 10.0 Å². The largest absolute Gasteiger partial charge is 0.329 e. The molecule has 0 saturated heterocycles. The lowest BCUT2D eigenvalue weighted by atomic mass is 10.0. The minimum atomic E-state index is -3.17. The number of hydrogen-bond acceptors (Lipinski definition) is 3. The summed E-state index contributed by atoms with van der Waals surface area (Å²) in [6, 6.07) is 7.97. The zero-order valence-electron chi connectivity index (χ0n) is 9.50. The van der Waals surface area contributed by atoms with Crippen molar-refractivity contribution in [3.8, 4) is 0 Å². The number of rotatable bonds is 3. The van der Waals surface area contributed by atoms with Crippen molar-refractivity contribution in [2.75, 3.05) is 18.8 Å². The van der Waals surface area contributed by atoms with Crippen molar-refractivity contribution in [1.82, 2.24) is 4.31 Å². The summed E-state index contributed by atoms with van der Waals surface area (Å²) in [6.45, 7) is 1.23. The first kappa shape index (κ1) is 14.4. The van der Waals surface area contributed by atoms with Crippen LogP contribution in [0.2, 0.25) is 0 Å². The van der Waals surface area contributed by atoms with Crippen molar-refractivity contribution >= 4 is 22.4 Å². The number of fused-ring (bicyclic) bond motifs is 1. The summed E-state index contributed by atoms with van der Waals surface area (Å²) in [4.78, 5) is 0. The predicted octanol–water partition coefficient (Wildman–Crippen LogP) is 0.755. The molecule has 0 atom stereocenters. The smallest absolute Gasteiger partial charge is 0.215 e. The van der Waals surface area contributed by atoms with Crippen molar-refractivity contribution in [3.63, 3.8) is 0 Å². The molecule has 6 heteroatoms. The summed E-state index contributed by atoms with van der Waals surface area (Å²) < 4.78 is 25.2. The third-order valence-corrected chi connectivity index (χ3v) is 4.71. The van der Waals surface area contributed by atoms with Crippen LogP contribution in [0.1, 0.15) is 11.1 Å². The number of halogens is 1. The van der Waals surface area contributed by atoms with Crippen LogP contribution in [0.15, 0.2) is 24.3 Å². The molecule has 17 heavy (non-hydrogen) atoms. The summed E-state index contributed by atoms with van der Waals surface area (Å²) in [6.07, 6.45) is 0.792. The maximum absolute atomic E-state index is 11.8. The quantitative estimate of drug-likeness (QED) is 0.886. The Bertz CT molecular complexity index is 476. The van der Waals surface area contributed by atoms with E-state index in [9.17, 15) is 8.42 Å². The van der Waals surface area contributed by atoms with E-state index in [2.05, 4.69) is 6.07 Å². The Labute approximate surface area is 108 Å². The third-order valence-electron chi connectivity index (χ3n) is 2.86. The highest BCUT2D eigenvalue weighted by atomic mass is 35.5. The van der Waals surface area contributed by atoms with Crippen LogP contribution in [0.5, 0.6) is 0 Å². The number of nitrogens with zero attached hydrogens (tertiary/aromatic N) is 1. The van der Waals surface area contributed by atoms with Crippen molar-refractivity contribution < 1.29 is 8.42 Å². The highest BCUT2D eigenvalue weighted by Gasteiger charge is 2.25. The van der Waals surface area contributed by atoms with E-state index in [-0.39, 0.29) is 24.7 Å². The summed E-state index contributed by atoms with van der Waals surface area (Å²) in [5.41, 5.74) is 7.67. The molecule has 0 amide bonds. The molecule has 0 bridgehead atoms. The molecule has 2 rings (SSSR count). The molecule has 0 fully saturated rings. The molecular weight excluding hydrogens is 260 g/mol. The van der Waals surface area contributed by atoms with Crippen molar-refractivity contribution in [2.45, 2.75) is 13.0 Å². The molecule has 1 heterocycles. The number of sulfonamides is 1. The highest BCUT2D eigenvalue weighted by Crippen LogP contribution is 2.20. The summed E-state index contributed by atoms with van der Waals surface area (Å²) >= 11 is 0. The first-order valence-corrected chi connectivity index (χ1v) is 6.99. The van der Waals surface area contributed by atoms with Gasteiger partial charge in [0.1, 0.15) is 0 Å². The van der Waals surface area contributed by atoms with Crippen LogP contribution in [-0.2, 0) is 23.0 Å². The Kier molecular flexibility index (Phi) is 4.94. The number of hydrogen-bond donors (Lipinski definition) is 1. The van der Waals surface area contributed by atoms with Gasteiger partial charge in [-0.2, -0.15) is 4.31 Å². The molecule has 0 aromatic heterocycles. The number of nitrogens with two attached hydrogens (primary N) is 1. The molecule has 0 unspecified atom stereocenters. The Morgan fingerprint density at radius 1 is 1.24 bits per heavy atom. The zero-order valence-corrected chi connectivity index (χ0v) is 11.1. The third kappa shape index (κ3) is 3.19. The molecule has 0 aliphatic carbocycles. The molecule has 96 valence electrons. The lowest BCUT2D eigenvalue weighted by Gasteiger charge is -2.27. The van der Waals surface area contributed by atoms with Gasteiger partial charge in [-0.25, -0.2) is 8.42 Å². The van der Waals surface area contributed by atoms with Gasteiger partial charge >= 0.3 is 0 Å². The zero-order chi connectivity index (χ0) is 11.6. The van der Waals surface area contributed by atoms with Gasteiger partial charge in [-0.05, 0) is 17.5 Å². The fraction of sp³-hybridized carbons (Fsp3) is 0.455. The van der Waals surface area contributed by atoms with E-state index in [0.29, 0.717) is 13.1 Å². The Morgan fingerprint density at radius 3 is 2.53 bits per heavy atom. The molecule has 0 saturated carbocycles. The van der Waals surface area contributed by atoms with Gasteiger partial charge in [0.25, 0.3) is 0 Å². The van der Waals surface area contributed by atoms with Crippen LogP contribution in [0.4, 0.5) is 0 Å². The van der Waals surface area contributed by atoms with E-state index >= 15 is 0 Å². The standard InChI is InChI=1S/C11H16N2O2S.ClH/c12-6-8-16(14,15)13-7-5-10-3-1-2-4-11(10)9-13;/h1-4H,5-9,12H2;1H. The van der Waals surface area contributed by atoms with Gasteiger partial charge in [-0.3, -0.25) is 0 Å². The Morgan fingerprint density at radius 2 is 1.88 bits per heavy atom. The Hall–Kier alpha value is -0.620. The summed E-state index contributed by atoms with van der Waals surface area (Å²) in [5, 5.41) is 0. The SMILES string of the molecule is Cl.NCCS(=O)(=O)N1CCc2ccccc2C1. The van der Waals surface area contributed by atoms with Gasteiger partial charge in [0.2, 0.25) is 10.0 Å². The van der Waals surface area contributed by atoms with Gasteiger partial charge in [-0.15, -0.1) is 12.4 Å². The maximum Gasteiger partial charge on any atom is 0.215 e. The molecule has 1 aliphatic rings. The van der Waals surface area contributed by atoms with Gasteiger partial charge in [-0.1, -0.05) is 24.3 Å². The van der Waals surface area contributed by atoms with Crippen LogP contribution in [0.25, 0.3) is 0 Å². The predicted molar refractivity (Wildman–Crippen MR) is 70.6 cm³/mol. The van der Waals surface area contributed by atoms with E-state index in [0.717, 1.165) is 12.0 Å². The minimum absolute atomic E-state index is 0.